The summed E-state index contributed by atoms with van der Waals surface area (Å²) in [7, 11) is 0. The summed E-state index contributed by atoms with van der Waals surface area (Å²) < 4.78 is 0. The Morgan fingerprint density at radius 3 is 2.88 bits per heavy atom. The van der Waals surface area contributed by atoms with Crippen LogP contribution in [0.4, 0.5) is 0 Å². The fourth-order valence-corrected chi connectivity index (χ4v) is 2.55. The lowest BCUT2D eigenvalue weighted by Crippen LogP contribution is -2.37. The third-order valence-corrected chi connectivity index (χ3v) is 4.17. The molecule has 0 spiro atoms. The van der Waals surface area contributed by atoms with Gasteiger partial charge in [0.15, 0.2) is 5.96 Å². The Hall–Kier alpha value is -0.300. The third kappa shape index (κ3) is 4.46. The summed E-state index contributed by atoms with van der Waals surface area (Å²) in [4.78, 5) is 5.65. The smallest absolute Gasteiger partial charge is 0.188 e. The molecule has 17 heavy (non-hydrogen) atoms. The highest BCUT2D eigenvalue weighted by molar-refractivity contribution is 14.0. The van der Waals surface area contributed by atoms with Crippen LogP contribution in [0.1, 0.15) is 29.7 Å². The van der Waals surface area contributed by atoms with Crippen molar-refractivity contribution < 1.29 is 0 Å². The van der Waals surface area contributed by atoms with E-state index in [1.807, 2.05) is 0 Å². The van der Waals surface area contributed by atoms with Crippen LogP contribution in [0.3, 0.4) is 0 Å². The van der Waals surface area contributed by atoms with Gasteiger partial charge in [0.25, 0.3) is 0 Å². The molecule has 1 fully saturated rings. The molecular weight excluding hydrogens is 345 g/mol. The number of halogens is 1. The number of hydrogen-bond acceptors (Lipinski definition) is 2. The van der Waals surface area contributed by atoms with Crippen molar-refractivity contribution >= 4 is 41.3 Å². The molecule has 3 nitrogen and oxygen atoms in total. The molecule has 1 aromatic rings. The maximum Gasteiger partial charge on any atom is 0.188 e. The van der Waals surface area contributed by atoms with Crippen LogP contribution in [0.25, 0.3) is 0 Å². The molecule has 3 N–H and O–H groups in total. The number of nitrogens with zero attached hydrogens (tertiary/aromatic N) is 1. The summed E-state index contributed by atoms with van der Waals surface area (Å²) in [6.45, 7) is 3.80. The second kappa shape index (κ2) is 7.20. The van der Waals surface area contributed by atoms with E-state index in [2.05, 4.69) is 28.7 Å². The highest BCUT2D eigenvalue weighted by Crippen LogP contribution is 2.25. The highest BCUT2D eigenvalue weighted by Gasteiger charge is 2.16. The number of thiophene rings is 1. The highest BCUT2D eigenvalue weighted by atomic mass is 127. The van der Waals surface area contributed by atoms with E-state index in [0.29, 0.717) is 12.5 Å². The molecule has 0 amide bonds. The zero-order valence-corrected chi connectivity index (χ0v) is 13.3. The van der Waals surface area contributed by atoms with Gasteiger partial charge in [0.1, 0.15) is 0 Å². The average molecular weight is 365 g/mol. The van der Waals surface area contributed by atoms with Crippen LogP contribution in [0.5, 0.6) is 0 Å². The minimum Gasteiger partial charge on any atom is -0.370 e. The number of nitrogens with one attached hydrogen (secondary N) is 1. The number of aliphatic imine (C=N–C) groups is 1. The molecule has 96 valence electrons. The lowest BCUT2D eigenvalue weighted by Gasteiger charge is -2.25. The molecule has 1 heterocycles. The van der Waals surface area contributed by atoms with E-state index >= 15 is 0 Å². The van der Waals surface area contributed by atoms with Crippen molar-refractivity contribution in [3.8, 4) is 0 Å². The molecule has 2 rings (SSSR count). The molecule has 0 aromatic carbocycles. The predicted molar refractivity (Wildman–Crippen MR) is 85.1 cm³/mol. The van der Waals surface area contributed by atoms with Crippen molar-refractivity contribution in [2.75, 3.05) is 6.54 Å². The van der Waals surface area contributed by atoms with E-state index in [4.69, 9.17) is 5.73 Å². The van der Waals surface area contributed by atoms with Gasteiger partial charge in [-0.3, -0.25) is 0 Å². The summed E-state index contributed by atoms with van der Waals surface area (Å²) in [5.74, 6) is 1.40. The fourth-order valence-electron chi connectivity index (χ4n) is 1.72. The second-order valence-corrected chi connectivity index (χ2v) is 5.41. The van der Waals surface area contributed by atoms with Crippen molar-refractivity contribution in [2.45, 2.75) is 32.7 Å². The molecule has 0 saturated heterocycles. The van der Waals surface area contributed by atoms with Gasteiger partial charge in [-0.15, -0.1) is 35.3 Å². The Morgan fingerprint density at radius 1 is 1.59 bits per heavy atom. The normalized spacial score (nSPS) is 16.2. The molecule has 5 heteroatoms. The Bertz CT molecular complexity index is 372. The van der Waals surface area contributed by atoms with Gasteiger partial charge in [-0.2, -0.15) is 0 Å². The maximum absolute atomic E-state index is 5.81. The summed E-state index contributed by atoms with van der Waals surface area (Å²) in [5, 5.41) is 5.29. The Kier molecular flexibility index (Phi) is 6.26. The molecule has 1 saturated carbocycles. The standard InChI is InChI=1S/C12H19N3S.HI/c1-9-5-6-16-11(9)8-15-12(13)14-7-10-3-2-4-10;/h5-6,10H,2-4,7-8H2,1H3,(H3,13,14,15);1H. The minimum absolute atomic E-state index is 0. The van der Waals surface area contributed by atoms with E-state index in [1.165, 1.54) is 29.7 Å². The van der Waals surface area contributed by atoms with Gasteiger partial charge >= 0.3 is 0 Å². The van der Waals surface area contributed by atoms with Gasteiger partial charge in [-0.25, -0.2) is 4.99 Å². The molecule has 0 unspecified atom stereocenters. The van der Waals surface area contributed by atoms with Gasteiger partial charge in [0.05, 0.1) is 6.54 Å². The zero-order chi connectivity index (χ0) is 11.4. The number of guanidine groups is 1. The molecule has 0 radical (unpaired) electrons. The van der Waals surface area contributed by atoms with Crippen LogP contribution >= 0.6 is 35.3 Å². The van der Waals surface area contributed by atoms with E-state index in [9.17, 15) is 0 Å². The first-order chi connectivity index (χ1) is 7.75. The van der Waals surface area contributed by atoms with Gasteiger partial charge in [-0.05, 0) is 42.7 Å². The SMILES string of the molecule is Cc1ccsc1CN=C(N)NCC1CCC1.I. The first kappa shape index (κ1) is 14.8. The van der Waals surface area contributed by atoms with Gasteiger partial charge in [-0.1, -0.05) is 6.42 Å². The monoisotopic (exact) mass is 365 g/mol. The predicted octanol–water partition coefficient (Wildman–Crippen LogP) is 2.88. The molecule has 1 aliphatic carbocycles. The third-order valence-electron chi connectivity index (χ3n) is 3.16. The van der Waals surface area contributed by atoms with Crippen molar-refractivity contribution in [1.29, 1.82) is 0 Å². The number of hydrogen-bond donors (Lipinski definition) is 2. The summed E-state index contributed by atoms with van der Waals surface area (Å²) in [5.41, 5.74) is 7.12. The van der Waals surface area contributed by atoms with Crippen molar-refractivity contribution in [1.82, 2.24) is 5.32 Å². The summed E-state index contributed by atoms with van der Waals surface area (Å²) >= 11 is 1.74. The quantitative estimate of drug-likeness (QED) is 0.490. The lowest BCUT2D eigenvalue weighted by molar-refractivity contribution is 0.315. The topological polar surface area (TPSA) is 50.4 Å². The largest absolute Gasteiger partial charge is 0.370 e. The van der Waals surface area contributed by atoms with Crippen molar-refractivity contribution in [2.24, 2.45) is 16.6 Å². The van der Waals surface area contributed by atoms with Crippen molar-refractivity contribution in [3.63, 3.8) is 0 Å². The molecule has 1 aliphatic rings. The van der Waals surface area contributed by atoms with Gasteiger partial charge in [0, 0.05) is 11.4 Å². The zero-order valence-electron chi connectivity index (χ0n) is 10.1. The fraction of sp³-hybridized carbons (Fsp3) is 0.583. The second-order valence-electron chi connectivity index (χ2n) is 4.41. The van der Waals surface area contributed by atoms with E-state index in [0.717, 1.165) is 12.5 Å². The average Bonchev–Trinajstić information content (AvgIpc) is 2.59. The first-order valence-corrected chi connectivity index (χ1v) is 6.70. The Labute approximate surface area is 124 Å². The number of rotatable bonds is 4. The van der Waals surface area contributed by atoms with E-state index in [-0.39, 0.29) is 24.0 Å². The van der Waals surface area contributed by atoms with Crippen LogP contribution in [0.15, 0.2) is 16.4 Å². The van der Waals surface area contributed by atoms with Crippen LogP contribution in [0, 0.1) is 12.8 Å². The van der Waals surface area contributed by atoms with Gasteiger partial charge < -0.3 is 11.1 Å². The summed E-state index contributed by atoms with van der Waals surface area (Å²) in [6.07, 6.45) is 4.05. The molecule has 0 atom stereocenters. The molecule has 1 aromatic heterocycles. The summed E-state index contributed by atoms with van der Waals surface area (Å²) in [6, 6.07) is 2.12. The Balaban J connectivity index is 0.00000144. The van der Waals surface area contributed by atoms with E-state index in [1.54, 1.807) is 11.3 Å². The van der Waals surface area contributed by atoms with Crippen LogP contribution < -0.4 is 11.1 Å². The lowest BCUT2D eigenvalue weighted by atomic mass is 9.85. The molecule has 0 aliphatic heterocycles. The van der Waals surface area contributed by atoms with Crippen LogP contribution in [0.2, 0.25) is 0 Å². The number of nitrogens with two attached hydrogens (primary N) is 1. The Morgan fingerprint density at radius 2 is 2.35 bits per heavy atom. The molecule has 0 bridgehead atoms. The number of aryl methyl sites for hydroxylation is 1. The van der Waals surface area contributed by atoms with Gasteiger partial charge in [0.2, 0.25) is 0 Å². The van der Waals surface area contributed by atoms with Crippen LogP contribution in [-0.4, -0.2) is 12.5 Å². The van der Waals surface area contributed by atoms with Crippen molar-refractivity contribution in [3.05, 3.63) is 21.9 Å². The van der Waals surface area contributed by atoms with E-state index < -0.39 is 0 Å². The minimum atomic E-state index is 0. The molecular formula is C12H20IN3S. The maximum atomic E-state index is 5.81. The first-order valence-electron chi connectivity index (χ1n) is 5.82. The van der Waals surface area contributed by atoms with Crippen LogP contribution in [-0.2, 0) is 6.54 Å².